The van der Waals surface area contributed by atoms with Crippen LogP contribution in [0.2, 0.25) is 0 Å². The van der Waals surface area contributed by atoms with E-state index in [-0.39, 0.29) is 23.7 Å². The van der Waals surface area contributed by atoms with Crippen molar-refractivity contribution in [1.29, 1.82) is 0 Å². The normalized spacial score (nSPS) is 14.3. The lowest BCUT2D eigenvalue weighted by molar-refractivity contribution is 0.0926. The molecule has 6 aromatic rings. The summed E-state index contributed by atoms with van der Waals surface area (Å²) in [7, 11) is 0. The lowest BCUT2D eigenvalue weighted by atomic mass is 9.92. The maximum absolute atomic E-state index is 15.4. The van der Waals surface area contributed by atoms with Crippen LogP contribution in [0.5, 0.6) is 11.5 Å². The fourth-order valence-electron chi connectivity index (χ4n) is 7.99. The Labute approximate surface area is 298 Å². The monoisotopic (exact) mass is 667 g/mol. The molecule has 6 nitrogen and oxygen atoms in total. The summed E-state index contributed by atoms with van der Waals surface area (Å²) in [6.45, 7) is 8.45. The molecule has 6 heteroatoms. The van der Waals surface area contributed by atoms with Crippen LogP contribution in [0.3, 0.4) is 0 Å². The highest BCUT2D eigenvalue weighted by molar-refractivity contribution is 6.38. The fraction of sp³-hybridized carbons (Fsp3) is 0.156. The number of para-hydroxylation sites is 7. The number of carbonyl (C=O) groups excluding carboxylic acids is 2. The molecule has 250 valence electrons. The zero-order valence-corrected chi connectivity index (χ0v) is 29.1. The van der Waals surface area contributed by atoms with Gasteiger partial charge in [-0.15, -0.1) is 0 Å². The second-order valence-electron chi connectivity index (χ2n) is 14.0. The van der Waals surface area contributed by atoms with Crippen LogP contribution in [0.15, 0.2) is 127 Å². The molecule has 3 heterocycles. The molecule has 51 heavy (non-hydrogen) atoms. The predicted octanol–water partition coefficient (Wildman–Crippen LogP) is 11.7. The third-order valence-corrected chi connectivity index (χ3v) is 10.3. The van der Waals surface area contributed by atoms with Gasteiger partial charge in [0.05, 0.1) is 39.6 Å². The molecule has 0 radical (unpaired) electrons. The van der Waals surface area contributed by atoms with Crippen LogP contribution in [0, 0.1) is 0 Å². The summed E-state index contributed by atoms with van der Waals surface area (Å²) in [5.41, 5.74) is 10.6. The molecule has 0 unspecified atom stereocenters. The van der Waals surface area contributed by atoms with Crippen molar-refractivity contribution in [3.05, 3.63) is 161 Å². The summed E-state index contributed by atoms with van der Waals surface area (Å²) in [5.74, 6) is 0.864. The number of hydrogen-bond acceptors (Lipinski definition) is 5. The van der Waals surface area contributed by atoms with E-state index < -0.39 is 0 Å². The van der Waals surface area contributed by atoms with Crippen molar-refractivity contribution in [2.24, 2.45) is 0 Å². The highest BCUT2D eigenvalue weighted by Gasteiger charge is 2.46. The summed E-state index contributed by atoms with van der Waals surface area (Å²) >= 11 is 0. The molecule has 0 saturated carbocycles. The molecule has 0 atom stereocenters. The molecule has 2 amide bonds. The number of benzene rings is 6. The van der Waals surface area contributed by atoms with Gasteiger partial charge >= 0.3 is 0 Å². The average Bonchev–Trinajstić information content (AvgIpc) is 3.41. The second-order valence-corrected chi connectivity index (χ2v) is 14.0. The fourth-order valence-corrected chi connectivity index (χ4v) is 7.99. The number of rotatable bonds is 5. The van der Waals surface area contributed by atoms with Gasteiger partial charge in [0.25, 0.3) is 11.8 Å². The molecule has 0 aliphatic carbocycles. The largest absolute Gasteiger partial charge is 0.453 e. The van der Waals surface area contributed by atoms with E-state index in [0.29, 0.717) is 39.7 Å². The Morgan fingerprint density at radius 2 is 0.863 bits per heavy atom. The SMILES string of the molecule is CC(C)c1cccc(C(C)C)c1N1C(=O)c2c(N3c4ccccc4Cc4ccccc43)ccc(N3c4ccccc4Oc4ccccc43)c2C1=O. The summed E-state index contributed by atoms with van der Waals surface area (Å²) in [5, 5.41) is 0. The summed E-state index contributed by atoms with van der Waals surface area (Å²) in [6.07, 6.45) is 0.781. The molecule has 0 saturated heterocycles. The smallest absolute Gasteiger partial charge is 0.268 e. The minimum Gasteiger partial charge on any atom is -0.453 e. The van der Waals surface area contributed by atoms with Crippen LogP contribution in [0.4, 0.5) is 39.8 Å². The minimum absolute atomic E-state index is 0.0841. The number of nitrogens with zero attached hydrogens (tertiary/aromatic N) is 3. The van der Waals surface area contributed by atoms with Crippen molar-refractivity contribution in [3.63, 3.8) is 0 Å². The molecule has 3 aliphatic heterocycles. The first-order valence-electron chi connectivity index (χ1n) is 17.6. The van der Waals surface area contributed by atoms with E-state index in [1.54, 1.807) is 0 Å². The Hall–Kier alpha value is -6.14. The van der Waals surface area contributed by atoms with Gasteiger partial charge in [0.1, 0.15) is 0 Å². The van der Waals surface area contributed by atoms with E-state index in [9.17, 15) is 0 Å². The average molecular weight is 668 g/mol. The highest BCUT2D eigenvalue weighted by Crippen LogP contribution is 2.55. The zero-order chi connectivity index (χ0) is 35.0. The third kappa shape index (κ3) is 4.63. The number of hydrogen-bond donors (Lipinski definition) is 0. The van der Waals surface area contributed by atoms with Gasteiger partial charge in [0.15, 0.2) is 11.5 Å². The van der Waals surface area contributed by atoms with E-state index >= 15 is 9.59 Å². The summed E-state index contributed by atoms with van der Waals surface area (Å²) in [4.78, 5) is 36.5. The van der Waals surface area contributed by atoms with Crippen LogP contribution in [0.25, 0.3) is 0 Å². The van der Waals surface area contributed by atoms with E-state index in [2.05, 4.69) is 73.9 Å². The third-order valence-electron chi connectivity index (χ3n) is 10.3. The van der Waals surface area contributed by atoms with Gasteiger partial charge in [0.2, 0.25) is 0 Å². The van der Waals surface area contributed by atoms with Crippen LogP contribution < -0.4 is 19.4 Å². The van der Waals surface area contributed by atoms with Crippen LogP contribution in [-0.2, 0) is 6.42 Å². The Morgan fingerprint density at radius 3 is 1.33 bits per heavy atom. The van der Waals surface area contributed by atoms with Gasteiger partial charge in [0, 0.05) is 17.8 Å². The van der Waals surface area contributed by atoms with E-state index in [4.69, 9.17) is 4.74 Å². The lowest BCUT2D eigenvalue weighted by Gasteiger charge is -2.36. The Morgan fingerprint density at radius 1 is 0.451 bits per heavy atom. The summed E-state index contributed by atoms with van der Waals surface area (Å²) in [6, 6.07) is 42.4. The topological polar surface area (TPSA) is 53.1 Å². The van der Waals surface area contributed by atoms with Crippen molar-refractivity contribution in [1.82, 2.24) is 0 Å². The van der Waals surface area contributed by atoms with Crippen LogP contribution >= 0.6 is 0 Å². The van der Waals surface area contributed by atoms with Crippen LogP contribution in [-0.4, -0.2) is 11.8 Å². The van der Waals surface area contributed by atoms with Crippen molar-refractivity contribution in [3.8, 4) is 11.5 Å². The molecule has 0 bridgehead atoms. The quantitative estimate of drug-likeness (QED) is 0.171. The molecule has 9 rings (SSSR count). The van der Waals surface area contributed by atoms with Gasteiger partial charge in [-0.1, -0.05) is 107 Å². The van der Waals surface area contributed by atoms with Crippen LogP contribution in [0.1, 0.15) is 82.5 Å². The molecule has 6 aromatic carbocycles. The predicted molar refractivity (Wildman–Crippen MR) is 204 cm³/mol. The first-order valence-corrected chi connectivity index (χ1v) is 17.6. The first kappa shape index (κ1) is 30.9. The summed E-state index contributed by atoms with van der Waals surface area (Å²) < 4.78 is 6.36. The van der Waals surface area contributed by atoms with Crippen molar-refractivity contribution >= 4 is 51.6 Å². The molecule has 0 spiro atoms. The lowest BCUT2D eigenvalue weighted by Crippen LogP contribution is -2.32. The van der Waals surface area contributed by atoms with Gasteiger partial charge < -0.3 is 14.5 Å². The van der Waals surface area contributed by atoms with Gasteiger partial charge in [-0.2, -0.15) is 0 Å². The molecule has 0 N–H and O–H groups in total. The number of carbonyl (C=O) groups is 2. The standard InChI is InChI=1S/C45H37N3O3/c1-27(2)31-16-13-17-32(28(3)4)43(31)48-44(49)41-37(46-33-18-7-5-14-29(33)26-30-15-6-8-19-34(30)46)24-25-38(42(41)45(48)50)47-35-20-9-11-22-39(35)51-40-23-12-10-21-36(40)47/h5-25,27-28H,26H2,1-4H3. The minimum atomic E-state index is -0.332. The van der Waals surface area contributed by atoms with Gasteiger partial charge in [-0.05, 0) is 82.6 Å². The van der Waals surface area contributed by atoms with Gasteiger partial charge in [-0.3, -0.25) is 9.59 Å². The Bertz CT molecular complexity index is 2160. The Balaban J connectivity index is 1.36. The Kier molecular flexibility index (Phi) is 7.11. The molecular formula is C45H37N3O3. The highest BCUT2D eigenvalue weighted by atomic mass is 16.5. The van der Waals surface area contributed by atoms with Crippen molar-refractivity contribution < 1.29 is 14.3 Å². The second kappa shape index (κ2) is 11.7. The maximum atomic E-state index is 15.4. The first-order chi connectivity index (χ1) is 24.8. The van der Waals surface area contributed by atoms with E-state index in [1.165, 1.54) is 4.90 Å². The molecule has 0 fully saturated rings. The van der Waals surface area contributed by atoms with Gasteiger partial charge in [-0.25, -0.2) is 4.90 Å². The van der Waals surface area contributed by atoms with E-state index in [0.717, 1.165) is 51.4 Å². The van der Waals surface area contributed by atoms with E-state index in [1.807, 2.05) is 91.0 Å². The number of fused-ring (bicyclic) bond motifs is 5. The molecule has 0 aromatic heterocycles. The van der Waals surface area contributed by atoms with Crippen molar-refractivity contribution in [2.45, 2.75) is 46.0 Å². The number of ether oxygens (including phenoxy) is 1. The number of anilines is 7. The van der Waals surface area contributed by atoms with Crippen molar-refractivity contribution in [2.75, 3.05) is 14.7 Å². The zero-order valence-electron chi connectivity index (χ0n) is 29.1. The number of imide groups is 1. The maximum Gasteiger partial charge on any atom is 0.268 e. The molecular weight excluding hydrogens is 631 g/mol. The number of amides is 2. The molecule has 3 aliphatic rings.